The topological polar surface area (TPSA) is 103 Å². The van der Waals surface area contributed by atoms with Crippen LogP contribution in [0.3, 0.4) is 0 Å². The van der Waals surface area contributed by atoms with Gasteiger partial charge in [0.25, 0.3) is 5.69 Å². The van der Waals surface area contributed by atoms with Crippen molar-refractivity contribution in [3.63, 3.8) is 0 Å². The summed E-state index contributed by atoms with van der Waals surface area (Å²) in [5, 5.41) is 23.6. The molecule has 1 amide bonds. The van der Waals surface area contributed by atoms with Crippen LogP contribution in [0.15, 0.2) is 41.6 Å². The molecule has 8 nitrogen and oxygen atoms in total. The van der Waals surface area contributed by atoms with Gasteiger partial charge in [0, 0.05) is 35.0 Å². The number of benzene rings is 2. The second-order valence-electron chi connectivity index (χ2n) is 6.27. The van der Waals surface area contributed by atoms with Crippen LogP contribution < -0.4 is 5.32 Å². The zero-order valence-corrected chi connectivity index (χ0v) is 18.4. The van der Waals surface area contributed by atoms with Crippen LogP contribution in [-0.2, 0) is 11.3 Å². The first-order chi connectivity index (χ1) is 14.3. The summed E-state index contributed by atoms with van der Waals surface area (Å²) in [4.78, 5) is 22.7. The molecule has 3 aromatic rings. The van der Waals surface area contributed by atoms with E-state index in [4.69, 9.17) is 23.2 Å². The molecule has 0 unspecified atom stereocenters. The summed E-state index contributed by atoms with van der Waals surface area (Å²) in [5.41, 5.74) is 1.81. The third kappa shape index (κ3) is 4.92. The summed E-state index contributed by atoms with van der Waals surface area (Å²) in [7, 11) is 0. The van der Waals surface area contributed by atoms with Crippen molar-refractivity contribution < 1.29 is 9.72 Å². The fourth-order valence-corrected chi connectivity index (χ4v) is 4.06. The molecule has 0 aliphatic heterocycles. The van der Waals surface area contributed by atoms with E-state index in [0.29, 0.717) is 44.4 Å². The van der Waals surface area contributed by atoms with Crippen molar-refractivity contribution in [2.24, 2.45) is 0 Å². The van der Waals surface area contributed by atoms with Crippen LogP contribution in [0.2, 0.25) is 10.0 Å². The van der Waals surface area contributed by atoms with E-state index in [9.17, 15) is 14.9 Å². The predicted octanol–water partition coefficient (Wildman–Crippen LogP) is 5.22. The summed E-state index contributed by atoms with van der Waals surface area (Å²) in [5.74, 6) is 0.435. The Balaban J connectivity index is 1.71. The van der Waals surface area contributed by atoms with Gasteiger partial charge in [0.1, 0.15) is 0 Å². The van der Waals surface area contributed by atoms with Crippen LogP contribution in [0, 0.1) is 17.0 Å². The van der Waals surface area contributed by atoms with Gasteiger partial charge in [-0.25, -0.2) is 0 Å². The average Bonchev–Trinajstić information content (AvgIpc) is 3.10. The molecule has 1 heterocycles. The number of nitrogens with zero attached hydrogens (tertiary/aromatic N) is 4. The highest BCUT2D eigenvalue weighted by atomic mass is 35.5. The normalized spacial score (nSPS) is 10.8. The molecule has 2 aromatic carbocycles. The third-order valence-corrected chi connectivity index (χ3v) is 5.75. The summed E-state index contributed by atoms with van der Waals surface area (Å²) in [6.07, 6.45) is 0. The first-order valence-corrected chi connectivity index (χ1v) is 10.6. The zero-order chi connectivity index (χ0) is 21.8. The minimum atomic E-state index is -0.476. The van der Waals surface area contributed by atoms with Crippen LogP contribution in [0.25, 0.3) is 11.4 Å². The molecule has 1 N–H and O–H groups in total. The van der Waals surface area contributed by atoms with E-state index >= 15 is 0 Å². The van der Waals surface area contributed by atoms with E-state index in [0.717, 1.165) is 0 Å². The van der Waals surface area contributed by atoms with Crippen LogP contribution in [0.5, 0.6) is 0 Å². The molecule has 0 aliphatic rings. The van der Waals surface area contributed by atoms with E-state index in [1.807, 2.05) is 11.5 Å². The van der Waals surface area contributed by atoms with Crippen molar-refractivity contribution in [1.29, 1.82) is 0 Å². The number of rotatable bonds is 7. The maximum Gasteiger partial charge on any atom is 0.269 e. The number of hydrogen-bond donors (Lipinski definition) is 1. The number of non-ortho nitro benzene ring substituents is 1. The quantitative estimate of drug-likeness (QED) is 0.291. The number of hydrogen-bond acceptors (Lipinski definition) is 6. The van der Waals surface area contributed by atoms with Crippen molar-refractivity contribution >= 4 is 52.2 Å². The number of halogens is 2. The highest BCUT2D eigenvalue weighted by Gasteiger charge is 2.17. The molecule has 0 saturated heterocycles. The Morgan fingerprint density at radius 2 is 2.00 bits per heavy atom. The number of nitro benzene ring substituents is 1. The van der Waals surface area contributed by atoms with Gasteiger partial charge in [-0.05, 0) is 43.7 Å². The first-order valence-electron chi connectivity index (χ1n) is 8.86. The van der Waals surface area contributed by atoms with Crippen LogP contribution >= 0.6 is 35.0 Å². The molecule has 0 saturated carbocycles. The van der Waals surface area contributed by atoms with Crippen LogP contribution in [0.4, 0.5) is 11.4 Å². The van der Waals surface area contributed by atoms with Gasteiger partial charge in [-0.2, -0.15) is 0 Å². The second kappa shape index (κ2) is 9.46. The predicted molar refractivity (Wildman–Crippen MR) is 118 cm³/mol. The van der Waals surface area contributed by atoms with Gasteiger partial charge >= 0.3 is 0 Å². The van der Waals surface area contributed by atoms with Crippen molar-refractivity contribution in [1.82, 2.24) is 14.8 Å². The number of aromatic nitrogens is 3. The minimum Gasteiger partial charge on any atom is -0.325 e. The molecular weight excluding hydrogens is 449 g/mol. The lowest BCUT2D eigenvalue weighted by Gasteiger charge is -2.10. The molecule has 0 spiro atoms. The largest absolute Gasteiger partial charge is 0.325 e. The molecular formula is C19H17Cl2N5O3S. The number of aryl methyl sites for hydroxylation is 1. The Morgan fingerprint density at radius 1 is 1.23 bits per heavy atom. The third-order valence-electron chi connectivity index (χ3n) is 4.23. The summed E-state index contributed by atoms with van der Waals surface area (Å²) >= 11 is 13.5. The number of carbonyl (C=O) groups excluding carboxylic acids is 1. The molecule has 11 heteroatoms. The number of thioether (sulfide) groups is 1. The summed E-state index contributed by atoms with van der Waals surface area (Å²) < 4.78 is 1.87. The standard InChI is InChI=1S/C19H17Cl2N5O3S/c1-3-25-18(14-6-4-12(20)9-15(14)21)23-24-19(25)30-10-17(27)22-16-7-5-13(26(28)29)8-11(16)2/h4-9H,3,10H2,1-2H3,(H,22,27). The van der Waals surface area contributed by atoms with Gasteiger partial charge in [0.15, 0.2) is 11.0 Å². The monoisotopic (exact) mass is 465 g/mol. The molecule has 0 atom stereocenters. The Labute approximate surface area is 186 Å². The number of amides is 1. The molecule has 0 aliphatic carbocycles. The fraction of sp³-hybridized carbons (Fsp3) is 0.211. The highest BCUT2D eigenvalue weighted by Crippen LogP contribution is 2.31. The van der Waals surface area contributed by atoms with Crippen LogP contribution in [-0.4, -0.2) is 31.3 Å². The molecule has 156 valence electrons. The maximum absolute atomic E-state index is 12.4. The van der Waals surface area contributed by atoms with E-state index in [-0.39, 0.29) is 17.3 Å². The molecule has 3 rings (SSSR count). The smallest absolute Gasteiger partial charge is 0.269 e. The number of nitro groups is 1. The Hall–Kier alpha value is -2.62. The van der Waals surface area contributed by atoms with Gasteiger partial charge in [-0.1, -0.05) is 35.0 Å². The molecule has 0 bridgehead atoms. The molecule has 0 fully saturated rings. The maximum atomic E-state index is 12.4. The summed E-state index contributed by atoms with van der Waals surface area (Å²) in [6, 6.07) is 9.43. The second-order valence-corrected chi connectivity index (χ2v) is 8.05. The SMILES string of the molecule is CCn1c(SCC(=O)Nc2ccc([N+](=O)[O-])cc2C)nnc1-c1ccc(Cl)cc1Cl. The van der Waals surface area contributed by atoms with E-state index in [2.05, 4.69) is 15.5 Å². The van der Waals surface area contributed by atoms with Gasteiger partial charge in [0.2, 0.25) is 5.91 Å². The minimum absolute atomic E-state index is 0.0238. The van der Waals surface area contributed by atoms with Gasteiger partial charge in [0.05, 0.1) is 15.7 Å². The average molecular weight is 466 g/mol. The van der Waals surface area contributed by atoms with Crippen molar-refractivity contribution in [2.45, 2.75) is 25.5 Å². The van der Waals surface area contributed by atoms with Crippen LogP contribution in [0.1, 0.15) is 12.5 Å². The molecule has 30 heavy (non-hydrogen) atoms. The lowest BCUT2D eigenvalue weighted by molar-refractivity contribution is -0.384. The zero-order valence-electron chi connectivity index (χ0n) is 16.1. The molecule has 1 aromatic heterocycles. The van der Waals surface area contributed by atoms with Crippen molar-refractivity contribution in [2.75, 3.05) is 11.1 Å². The van der Waals surface area contributed by atoms with Gasteiger partial charge < -0.3 is 9.88 Å². The number of nitrogens with one attached hydrogen (secondary N) is 1. The highest BCUT2D eigenvalue weighted by molar-refractivity contribution is 7.99. The summed E-state index contributed by atoms with van der Waals surface area (Å²) in [6.45, 7) is 4.24. The lowest BCUT2D eigenvalue weighted by atomic mass is 10.2. The van der Waals surface area contributed by atoms with Crippen molar-refractivity contribution in [3.05, 3.63) is 62.1 Å². The van der Waals surface area contributed by atoms with E-state index in [1.165, 1.54) is 30.0 Å². The lowest BCUT2D eigenvalue weighted by Crippen LogP contribution is -2.15. The van der Waals surface area contributed by atoms with Crippen molar-refractivity contribution in [3.8, 4) is 11.4 Å². The van der Waals surface area contributed by atoms with Gasteiger partial charge in [-0.15, -0.1) is 10.2 Å². The van der Waals surface area contributed by atoms with Gasteiger partial charge in [-0.3, -0.25) is 14.9 Å². The Kier molecular flexibility index (Phi) is 6.96. The van der Waals surface area contributed by atoms with E-state index < -0.39 is 4.92 Å². The number of carbonyl (C=O) groups is 1. The van der Waals surface area contributed by atoms with E-state index in [1.54, 1.807) is 25.1 Å². The first kappa shape index (κ1) is 22.1. The number of anilines is 1. The fourth-order valence-electron chi connectivity index (χ4n) is 2.77. The molecule has 0 radical (unpaired) electrons. The Morgan fingerprint density at radius 3 is 2.63 bits per heavy atom. The Bertz CT molecular complexity index is 1120.